The van der Waals surface area contributed by atoms with Crippen molar-refractivity contribution in [3.8, 4) is 11.5 Å². The van der Waals surface area contributed by atoms with Crippen LogP contribution in [-0.2, 0) is 16.1 Å². The quantitative estimate of drug-likeness (QED) is 0.634. The van der Waals surface area contributed by atoms with Gasteiger partial charge in [-0.15, -0.1) is 10.2 Å². The van der Waals surface area contributed by atoms with Crippen molar-refractivity contribution in [1.29, 1.82) is 0 Å². The van der Waals surface area contributed by atoms with Gasteiger partial charge in [-0.25, -0.2) is 4.79 Å². The summed E-state index contributed by atoms with van der Waals surface area (Å²) in [5.41, 5.74) is 1.26. The van der Waals surface area contributed by atoms with Crippen molar-refractivity contribution in [3.63, 3.8) is 0 Å². The third-order valence-corrected chi connectivity index (χ3v) is 4.07. The molecule has 0 radical (unpaired) electrons. The number of benzene rings is 2. The molecule has 0 unspecified atom stereocenters. The van der Waals surface area contributed by atoms with Gasteiger partial charge in [0.15, 0.2) is 6.61 Å². The summed E-state index contributed by atoms with van der Waals surface area (Å²) < 4.78 is 10.8. The van der Waals surface area contributed by atoms with Crippen molar-refractivity contribution in [2.24, 2.45) is 5.92 Å². The monoisotopic (exact) mass is 379 g/mol. The van der Waals surface area contributed by atoms with Crippen LogP contribution in [0.5, 0.6) is 0 Å². The van der Waals surface area contributed by atoms with E-state index in [0.29, 0.717) is 11.5 Å². The van der Waals surface area contributed by atoms with Gasteiger partial charge in [-0.1, -0.05) is 50.2 Å². The number of nitrogens with one attached hydrogen (secondary N) is 1. The molecular weight excluding hydrogens is 358 g/mol. The third-order valence-electron chi connectivity index (χ3n) is 4.07. The number of amides is 1. The second-order valence-corrected chi connectivity index (χ2v) is 6.54. The molecule has 0 aliphatic rings. The zero-order chi connectivity index (χ0) is 19.9. The van der Waals surface area contributed by atoms with Crippen LogP contribution in [0.15, 0.2) is 65.1 Å². The number of ether oxygens (including phenoxy) is 1. The van der Waals surface area contributed by atoms with Crippen LogP contribution in [0.25, 0.3) is 11.5 Å². The van der Waals surface area contributed by atoms with E-state index in [1.807, 2.05) is 50.2 Å². The van der Waals surface area contributed by atoms with Crippen LogP contribution in [0.1, 0.15) is 30.1 Å². The molecule has 0 aliphatic heterocycles. The molecule has 1 aromatic heterocycles. The Balaban J connectivity index is 1.60. The SMILES string of the molecule is CC(C)[C@H](NC(=O)c1ccccc1)C(=O)OCc1nnc(-c2ccccc2)o1. The highest BCUT2D eigenvalue weighted by Crippen LogP contribution is 2.17. The molecule has 1 N–H and O–H groups in total. The molecule has 1 atom stereocenters. The molecule has 7 heteroatoms. The molecule has 0 saturated heterocycles. The summed E-state index contributed by atoms with van der Waals surface area (Å²) in [6.45, 7) is 3.50. The summed E-state index contributed by atoms with van der Waals surface area (Å²) in [6.07, 6.45) is 0. The first-order valence-corrected chi connectivity index (χ1v) is 8.95. The third kappa shape index (κ3) is 4.82. The van der Waals surface area contributed by atoms with Crippen molar-refractivity contribution in [2.45, 2.75) is 26.5 Å². The summed E-state index contributed by atoms with van der Waals surface area (Å²) in [5.74, 6) is -0.504. The average Bonchev–Trinajstić information content (AvgIpc) is 3.20. The fraction of sp³-hybridized carbons (Fsp3) is 0.238. The Morgan fingerprint density at radius 1 is 1.00 bits per heavy atom. The largest absolute Gasteiger partial charge is 0.454 e. The Hall–Kier alpha value is -3.48. The zero-order valence-corrected chi connectivity index (χ0v) is 15.7. The standard InChI is InChI=1S/C21H21N3O4/c1-14(2)18(22-19(25)15-9-5-3-6-10-15)21(26)27-13-17-23-24-20(28-17)16-11-7-4-8-12-16/h3-12,14,18H,13H2,1-2H3,(H,22,25)/t18-/m0/s1. The van der Waals surface area contributed by atoms with E-state index in [1.165, 1.54) is 0 Å². The first-order valence-electron chi connectivity index (χ1n) is 8.95. The van der Waals surface area contributed by atoms with E-state index in [9.17, 15) is 9.59 Å². The lowest BCUT2D eigenvalue weighted by molar-refractivity contribution is -0.149. The second kappa shape index (κ2) is 8.94. The van der Waals surface area contributed by atoms with Crippen LogP contribution in [0.3, 0.4) is 0 Å². The maximum absolute atomic E-state index is 12.5. The van der Waals surface area contributed by atoms with Crippen LogP contribution in [0.4, 0.5) is 0 Å². The summed E-state index contributed by atoms with van der Waals surface area (Å²) in [7, 11) is 0. The molecule has 7 nitrogen and oxygen atoms in total. The van der Waals surface area contributed by atoms with Crippen LogP contribution in [0, 0.1) is 5.92 Å². The molecule has 3 aromatic rings. The Morgan fingerprint density at radius 2 is 1.64 bits per heavy atom. The minimum Gasteiger partial charge on any atom is -0.454 e. The molecule has 0 spiro atoms. The van der Waals surface area contributed by atoms with E-state index in [4.69, 9.17) is 9.15 Å². The predicted octanol–water partition coefficient (Wildman–Crippen LogP) is 3.23. The van der Waals surface area contributed by atoms with E-state index in [2.05, 4.69) is 15.5 Å². The van der Waals surface area contributed by atoms with E-state index in [-0.39, 0.29) is 24.3 Å². The summed E-state index contributed by atoms with van der Waals surface area (Å²) in [6, 6.07) is 17.2. The lowest BCUT2D eigenvalue weighted by atomic mass is 10.0. The van der Waals surface area contributed by atoms with Gasteiger partial charge in [0, 0.05) is 11.1 Å². The Labute approximate surface area is 162 Å². The van der Waals surface area contributed by atoms with Gasteiger partial charge in [0.05, 0.1) is 0 Å². The average molecular weight is 379 g/mol. The topological polar surface area (TPSA) is 94.3 Å². The molecule has 0 fully saturated rings. The normalized spacial score (nSPS) is 11.8. The van der Waals surface area contributed by atoms with Crippen LogP contribution < -0.4 is 5.32 Å². The maximum Gasteiger partial charge on any atom is 0.329 e. The summed E-state index contributed by atoms with van der Waals surface area (Å²) in [5, 5.41) is 10.6. The molecule has 28 heavy (non-hydrogen) atoms. The van der Waals surface area contributed by atoms with Gasteiger partial charge >= 0.3 is 5.97 Å². The Bertz CT molecular complexity index is 923. The van der Waals surface area contributed by atoms with Crippen LogP contribution in [0.2, 0.25) is 0 Å². The number of esters is 1. The van der Waals surface area contributed by atoms with Crippen molar-refractivity contribution in [1.82, 2.24) is 15.5 Å². The molecule has 3 rings (SSSR count). The van der Waals surface area contributed by atoms with E-state index >= 15 is 0 Å². The maximum atomic E-state index is 12.5. The second-order valence-electron chi connectivity index (χ2n) is 6.54. The number of nitrogens with zero attached hydrogens (tertiary/aromatic N) is 2. The molecule has 1 heterocycles. The number of hydrogen-bond donors (Lipinski definition) is 1. The molecule has 0 aliphatic carbocycles. The molecule has 0 bridgehead atoms. The van der Waals surface area contributed by atoms with E-state index in [0.717, 1.165) is 5.56 Å². The fourth-order valence-corrected chi connectivity index (χ4v) is 2.54. The number of carbonyl (C=O) groups excluding carboxylic acids is 2. The van der Waals surface area contributed by atoms with E-state index < -0.39 is 12.0 Å². The minimum absolute atomic E-state index is 0.150. The van der Waals surface area contributed by atoms with Gasteiger partial charge in [-0.3, -0.25) is 4.79 Å². The summed E-state index contributed by atoms with van der Waals surface area (Å²) >= 11 is 0. The van der Waals surface area contributed by atoms with Gasteiger partial charge in [0.1, 0.15) is 6.04 Å². The molecule has 0 saturated carbocycles. The first kappa shape index (κ1) is 19.3. The van der Waals surface area contributed by atoms with Crippen molar-refractivity contribution in [3.05, 3.63) is 72.1 Å². The highest BCUT2D eigenvalue weighted by molar-refractivity contribution is 5.96. The molecular formula is C21H21N3O4. The van der Waals surface area contributed by atoms with Crippen LogP contribution >= 0.6 is 0 Å². The molecule has 1 amide bonds. The Kier molecular flexibility index (Phi) is 6.16. The van der Waals surface area contributed by atoms with Gasteiger partial charge in [0.25, 0.3) is 11.8 Å². The van der Waals surface area contributed by atoms with Gasteiger partial charge in [-0.05, 0) is 30.2 Å². The molecule has 2 aromatic carbocycles. The Morgan fingerprint density at radius 3 is 2.29 bits per heavy atom. The lowest BCUT2D eigenvalue weighted by Gasteiger charge is -2.20. The minimum atomic E-state index is -0.788. The highest BCUT2D eigenvalue weighted by Gasteiger charge is 2.26. The van der Waals surface area contributed by atoms with Gasteiger partial charge in [0.2, 0.25) is 5.89 Å². The van der Waals surface area contributed by atoms with Crippen molar-refractivity contribution in [2.75, 3.05) is 0 Å². The molecule has 144 valence electrons. The van der Waals surface area contributed by atoms with Crippen molar-refractivity contribution < 1.29 is 18.7 Å². The van der Waals surface area contributed by atoms with Crippen LogP contribution in [-0.4, -0.2) is 28.1 Å². The number of aromatic nitrogens is 2. The fourth-order valence-electron chi connectivity index (χ4n) is 2.54. The van der Waals surface area contributed by atoms with Gasteiger partial charge < -0.3 is 14.5 Å². The smallest absolute Gasteiger partial charge is 0.329 e. The summed E-state index contributed by atoms with van der Waals surface area (Å²) in [4.78, 5) is 24.8. The van der Waals surface area contributed by atoms with Gasteiger partial charge in [-0.2, -0.15) is 0 Å². The lowest BCUT2D eigenvalue weighted by Crippen LogP contribution is -2.45. The predicted molar refractivity (Wildman–Crippen MR) is 102 cm³/mol. The number of rotatable bonds is 7. The highest BCUT2D eigenvalue weighted by atomic mass is 16.5. The van der Waals surface area contributed by atoms with Crippen molar-refractivity contribution >= 4 is 11.9 Å². The van der Waals surface area contributed by atoms with E-state index in [1.54, 1.807) is 24.3 Å². The first-order chi connectivity index (χ1) is 13.5. The number of hydrogen-bond acceptors (Lipinski definition) is 6. The zero-order valence-electron chi connectivity index (χ0n) is 15.7. The number of carbonyl (C=O) groups is 2.